The van der Waals surface area contributed by atoms with Crippen LogP contribution in [0.3, 0.4) is 0 Å². The largest absolute Gasteiger partial charge is 0.480 e. The van der Waals surface area contributed by atoms with E-state index in [1.54, 1.807) is 18.2 Å². The Kier molecular flexibility index (Phi) is 6.13. The Bertz CT molecular complexity index is 789. The number of hydrogen-bond donors (Lipinski definition) is 2. The molecule has 2 N–H and O–H groups in total. The van der Waals surface area contributed by atoms with E-state index in [9.17, 15) is 18.0 Å². The number of hydrogen-bond acceptors (Lipinski definition) is 5. The fourth-order valence-electron chi connectivity index (χ4n) is 2.56. The molecule has 0 bridgehead atoms. The smallest absolute Gasteiger partial charge is 0.323 e. The van der Waals surface area contributed by atoms with Crippen LogP contribution in [0.2, 0.25) is 0 Å². The minimum absolute atomic E-state index is 0.165. The third-order valence-corrected chi connectivity index (χ3v) is 5.05. The molecule has 0 spiro atoms. The van der Waals surface area contributed by atoms with Gasteiger partial charge in [-0.1, -0.05) is 19.1 Å². The number of sulfonamides is 1. The molecule has 0 unspecified atom stereocenters. The molecule has 1 aromatic rings. The number of amidine groups is 1. The SMILES string of the molecule is CCCN(CC(=O)O)C(=O)CCCN=C1NS(=O)(=O)c2ccccc21. The Morgan fingerprint density at radius 3 is 2.68 bits per heavy atom. The molecule has 0 saturated heterocycles. The molecule has 0 saturated carbocycles. The lowest BCUT2D eigenvalue weighted by molar-refractivity contribution is -0.144. The van der Waals surface area contributed by atoms with Crippen molar-refractivity contribution in [1.82, 2.24) is 9.62 Å². The van der Waals surface area contributed by atoms with Gasteiger partial charge in [0.15, 0.2) is 0 Å². The normalized spacial score (nSPS) is 16.3. The van der Waals surface area contributed by atoms with Gasteiger partial charge in [-0.25, -0.2) is 8.42 Å². The lowest BCUT2D eigenvalue weighted by Gasteiger charge is -2.19. The first-order chi connectivity index (χ1) is 11.8. The summed E-state index contributed by atoms with van der Waals surface area (Å²) in [7, 11) is -3.56. The minimum atomic E-state index is -3.56. The number of benzene rings is 1. The van der Waals surface area contributed by atoms with Gasteiger partial charge in [-0.2, -0.15) is 0 Å². The van der Waals surface area contributed by atoms with Crippen molar-refractivity contribution < 1.29 is 23.1 Å². The molecule has 1 aromatic carbocycles. The Hall–Kier alpha value is -2.42. The first kappa shape index (κ1) is 18.9. The van der Waals surface area contributed by atoms with E-state index in [-0.39, 0.29) is 36.1 Å². The molecule has 1 aliphatic heterocycles. The lowest BCUT2D eigenvalue weighted by atomic mass is 10.2. The quantitative estimate of drug-likeness (QED) is 0.660. The molecular weight excluding hydrogens is 346 g/mol. The van der Waals surface area contributed by atoms with Gasteiger partial charge < -0.3 is 10.0 Å². The molecule has 1 amide bonds. The molecule has 0 radical (unpaired) electrons. The Morgan fingerprint density at radius 2 is 2.00 bits per heavy atom. The Labute approximate surface area is 146 Å². The maximum absolute atomic E-state index is 12.1. The summed E-state index contributed by atoms with van der Waals surface area (Å²) in [4.78, 5) is 28.6. The number of rotatable bonds is 8. The third-order valence-electron chi connectivity index (χ3n) is 3.65. The second-order valence-corrected chi connectivity index (χ2v) is 7.30. The summed E-state index contributed by atoms with van der Waals surface area (Å²) in [5.41, 5.74) is 0.521. The van der Waals surface area contributed by atoms with E-state index < -0.39 is 16.0 Å². The van der Waals surface area contributed by atoms with Crippen LogP contribution in [0.1, 0.15) is 31.7 Å². The summed E-state index contributed by atoms with van der Waals surface area (Å²) >= 11 is 0. The number of aliphatic imine (C=N–C) groups is 1. The first-order valence-electron chi connectivity index (χ1n) is 8.01. The molecule has 0 fully saturated rings. The van der Waals surface area contributed by atoms with Crippen LogP contribution in [0.5, 0.6) is 0 Å². The number of carboxylic acid groups (broad SMARTS) is 1. The van der Waals surface area contributed by atoms with E-state index in [1.807, 2.05) is 6.92 Å². The van der Waals surface area contributed by atoms with Crippen molar-refractivity contribution >= 4 is 27.7 Å². The molecule has 0 atom stereocenters. The van der Waals surface area contributed by atoms with Gasteiger partial charge in [-0.05, 0) is 25.0 Å². The van der Waals surface area contributed by atoms with Gasteiger partial charge in [0.25, 0.3) is 10.0 Å². The monoisotopic (exact) mass is 367 g/mol. The number of carbonyl (C=O) groups excluding carboxylic acids is 1. The van der Waals surface area contributed by atoms with Crippen molar-refractivity contribution in [3.63, 3.8) is 0 Å². The fourth-order valence-corrected chi connectivity index (χ4v) is 3.81. The topological polar surface area (TPSA) is 116 Å². The zero-order chi connectivity index (χ0) is 18.4. The van der Waals surface area contributed by atoms with Crippen LogP contribution in [-0.2, 0) is 19.6 Å². The molecule has 1 heterocycles. The molecule has 136 valence electrons. The van der Waals surface area contributed by atoms with Crippen LogP contribution in [0, 0.1) is 0 Å². The number of fused-ring (bicyclic) bond motifs is 1. The number of amides is 1. The van der Waals surface area contributed by atoms with Crippen molar-refractivity contribution in [2.45, 2.75) is 31.1 Å². The van der Waals surface area contributed by atoms with Gasteiger partial charge in [0, 0.05) is 25.1 Å². The van der Waals surface area contributed by atoms with E-state index in [4.69, 9.17) is 5.11 Å². The zero-order valence-electron chi connectivity index (χ0n) is 13.9. The second-order valence-electron chi connectivity index (χ2n) is 5.64. The maximum Gasteiger partial charge on any atom is 0.323 e. The van der Waals surface area contributed by atoms with E-state index in [1.165, 1.54) is 11.0 Å². The summed E-state index contributed by atoms with van der Waals surface area (Å²) < 4.78 is 26.3. The summed E-state index contributed by atoms with van der Waals surface area (Å²) in [6.45, 7) is 2.23. The number of nitrogens with zero attached hydrogens (tertiary/aromatic N) is 2. The highest BCUT2D eigenvalue weighted by molar-refractivity contribution is 7.90. The van der Waals surface area contributed by atoms with Gasteiger partial charge in [0.1, 0.15) is 12.4 Å². The van der Waals surface area contributed by atoms with Crippen LogP contribution < -0.4 is 4.72 Å². The van der Waals surface area contributed by atoms with Gasteiger partial charge >= 0.3 is 5.97 Å². The van der Waals surface area contributed by atoms with E-state index in [2.05, 4.69) is 9.71 Å². The van der Waals surface area contributed by atoms with Crippen LogP contribution >= 0.6 is 0 Å². The first-order valence-corrected chi connectivity index (χ1v) is 9.49. The van der Waals surface area contributed by atoms with Crippen LogP contribution in [0.15, 0.2) is 34.2 Å². The average molecular weight is 367 g/mol. The summed E-state index contributed by atoms with van der Waals surface area (Å²) in [5.74, 6) is -1.00. The highest BCUT2D eigenvalue weighted by Gasteiger charge is 2.29. The highest BCUT2D eigenvalue weighted by Crippen LogP contribution is 2.22. The van der Waals surface area contributed by atoms with Gasteiger partial charge in [0.2, 0.25) is 5.91 Å². The van der Waals surface area contributed by atoms with Gasteiger partial charge in [-0.3, -0.25) is 19.3 Å². The average Bonchev–Trinajstić information content (AvgIpc) is 2.82. The number of carbonyl (C=O) groups is 2. The van der Waals surface area contributed by atoms with E-state index >= 15 is 0 Å². The molecule has 9 heteroatoms. The van der Waals surface area contributed by atoms with Crippen molar-refractivity contribution in [2.75, 3.05) is 19.6 Å². The van der Waals surface area contributed by atoms with Crippen molar-refractivity contribution in [3.8, 4) is 0 Å². The van der Waals surface area contributed by atoms with E-state index in [0.717, 1.165) is 0 Å². The van der Waals surface area contributed by atoms with Crippen molar-refractivity contribution in [3.05, 3.63) is 29.8 Å². The second kappa shape index (κ2) is 8.11. The number of carboxylic acids is 1. The van der Waals surface area contributed by atoms with Crippen LogP contribution in [-0.4, -0.2) is 55.8 Å². The predicted molar refractivity (Wildman–Crippen MR) is 91.9 cm³/mol. The highest BCUT2D eigenvalue weighted by atomic mass is 32.2. The third kappa shape index (κ3) is 4.79. The molecular formula is C16H21N3O5S. The predicted octanol–water partition coefficient (Wildman–Crippen LogP) is 0.829. The Morgan fingerprint density at radius 1 is 1.28 bits per heavy atom. The minimum Gasteiger partial charge on any atom is -0.480 e. The summed E-state index contributed by atoms with van der Waals surface area (Å²) in [6.07, 6.45) is 1.25. The maximum atomic E-state index is 12.1. The molecule has 8 nitrogen and oxygen atoms in total. The molecule has 1 aliphatic rings. The molecule has 2 rings (SSSR count). The van der Waals surface area contributed by atoms with Crippen LogP contribution in [0.25, 0.3) is 0 Å². The van der Waals surface area contributed by atoms with Gasteiger partial charge in [-0.15, -0.1) is 0 Å². The summed E-state index contributed by atoms with van der Waals surface area (Å²) in [6, 6.07) is 6.56. The van der Waals surface area contributed by atoms with Crippen LogP contribution in [0.4, 0.5) is 0 Å². The van der Waals surface area contributed by atoms with Crippen molar-refractivity contribution in [2.24, 2.45) is 4.99 Å². The van der Waals surface area contributed by atoms with Crippen molar-refractivity contribution in [1.29, 1.82) is 0 Å². The zero-order valence-corrected chi connectivity index (χ0v) is 14.8. The Balaban J connectivity index is 1.94. The number of aliphatic carboxylic acids is 1. The lowest BCUT2D eigenvalue weighted by Crippen LogP contribution is -2.36. The molecule has 0 aromatic heterocycles. The standard InChI is InChI=1S/C16H21N3O5S/c1-2-10-19(11-15(21)22)14(20)8-5-9-17-16-12-6-3-4-7-13(12)25(23,24)18-16/h3-4,6-7H,2,5,8-11H2,1H3,(H,17,18)(H,21,22). The molecule has 0 aliphatic carbocycles. The number of nitrogens with one attached hydrogen (secondary N) is 1. The molecule has 25 heavy (non-hydrogen) atoms. The summed E-state index contributed by atoms with van der Waals surface area (Å²) in [5, 5.41) is 8.84. The van der Waals surface area contributed by atoms with E-state index in [0.29, 0.717) is 24.9 Å². The fraction of sp³-hybridized carbons (Fsp3) is 0.438. The van der Waals surface area contributed by atoms with Gasteiger partial charge in [0.05, 0.1) is 4.90 Å².